The lowest BCUT2D eigenvalue weighted by Crippen LogP contribution is -2.54. The largest absolute Gasteiger partial charge is 0.293 e. The standard InChI is InChI=1S/C14H29N3O/c1-10(2)12(13(18)16-15)17-8-6-11(7-9-17)14(3,4)5/h10-12H,6-9,15H2,1-5H3,(H,16,18). The van der Waals surface area contributed by atoms with Crippen LogP contribution in [0.2, 0.25) is 0 Å². The van der Waals surface area contributed by atoms with Gasteiger partial charge in [0.2, 0.25) is 0 Å². The Labute approximate surface area is 111 Å². The molecule has 106 valence electrons. The van der Waals surface area contributed by atoms with E-state index in [1.54, 1.807) is 0 Å². The first kappa shape index (κ1) is 15.4. The number of hydrogen-bond donors (Lipinski definition) is 2. The van der Waals surface area contributed by atoms with Crippen molar-refractivity contribution in [1.29, 1.82) is 0 Å². The molecule has 0 spiro atoms. The number of amides is 1. The fraction of sp³-hybridized carbons (Fsp3) is 0.929. The number of hydrazine groups is 1. The maximum Gasteiger partial charge on any atom is 0.251 e. The van der Waals surface area contributed by atoms with E-state index in [2.05, 4.69) is 44.9 Å². The van der Waals surface area contributed by atoms with Crippen LogP contribution in [0.3, 0.4) is 0 Å². The number of likely N-dealkylation sites (tertiary alicyclic amines) is 1. The third-order valence-electron chi connectivity index (χ3n) is 4.19. The fourth-order valence-electron chi connectivity index (χ4n) is 3.02. The van der Waals surface area contributed by atoms with Gasteiger partial charge in [0.1, 0.15) is 0 Å². The fourth-order valence-corrected chi connectivity index (χ4v) is 3.02. The van der Waals surface area contributed by atoms with Crippen molar-refractivity contribution in [2.24, 2.45) is 23.1 Å². The Morgan fingerprint density at radius 3 is 2.11 bits per heavy atom. The zero-order valence-electron chi connectivity index (χ0n) is 12.5. The summed E-state index contributed by atoms with van der Waals surface area (Å²) in [6.45, 7) is 13.1. The van der Waals surface area contributed by atoms with Crippen molar-refractivity contribution >= 4 is 5.91 Å². The zero-order chi connectivity index (χ0) is 13.9. The topological polar surface area (TPSA) is 58.4 Å². The molecule has 0 aliphatic carbocycles. The first-order valence-electron chi connectivity index (χ1n) is 7.02. The summed E-state index contributed by atoms with van der Waals surface area (Å²) in [4.78, 5) is 14.1. The molecule has 0 saturated carbocycles. The van der Waals surface area contributed by atoms with Crippen LogP contribution in [-0.2, 0) is 4.79 Å². The highest BCUT2D eigenvalue weighted by Crippen LogP contribution is 2.35. The summed E-state index contributed by atoms with van der Waals surface area (Å²) in [5.74, 6) is 6.28. The van der Waals surface area contributed by atoms with E-state index in [0.29, 0.717) is 11.3 Å². The van der Waals surface area contributed by atoms with Gasteiger partial charge >= 0.3 is 0 Å². The van der Waals surface area contributed by atoms with Gasteiger partial charge in [-0.1, -0.05) is 34.6 Å². The second-order valence-electron chi connectivity index (χ2n) is 6.87. The van der Waals surface area contributed by atoms with E-state index < -0.39 is 0 Å². The normalized spacial score (nSPS) is 21.1. The summed E-state index contributed by atoms with van der Waals surface area (Å²) in [7, 11) is 0. The van der Waals surface area contributed by atoms with Gasteiger partial charge in [-0.15, -0.1) is 0 Å². The smallest absolute Gasteiger partial charge is 0.251 e. The predicted molar refractivity (Wildman–Crippen MR) is 74.7 cm³/mol. The maximum absolute atomic E-state index is 11.9. The van der Waals surface area contributed by atoms with Gasteiger partial charge in [0.15, 0.2) is 0 Å². The lowest BCUT2D eigenvalue weighted by Gasteiger charge is -2.42. The van der Waals surface area contributed by atoms with Gasteiger partial charge in [0.05, 0.1) is 6.04 Å². The number of hydrogen-bond acceptors (Lipinski definition) is 3. The first-order chi connectivity index (χ1) is 8.27. The highest BCUT2D eigenvalue weighted by atomic mass is 16.2. The maximum atomic E-state index is 11.9. The van der Waals surface area contributed by atoms with Crippen LogP contribution in [0.4, 0.5) is 0 Å². The molecule has 3 N–H and O–H groups in total. The van der Waals surface area contributed by atoms with E-state index in [4.69, 9.17) is 5.84 Å². The molecule has 0 aromatic rings. The van der Waals surface area contributed by atoms with E-state index >= 15 is 0 Å². The Hall–Kier alpha value is -0.610. The molecule has 4 nitrogen and oxygen atoms in total. The summed E-state index contributed by atoms with van der Waals surface area (Å²) >= 11 is 0. The molecule has 1 heterocycles. The molecule has 0 bridgehead atoms. The summed E-state index contributed by atoms with van der Waals surface area (Å²) in [5.41, 5.74) is 2.68. The molecule has 1 saturated heterocycles. The van der Waals surface area contributed by atoms with Crippen LogP contribution >= 0.6 is 0 Å². The van der Waals surface area contributed by atoms with Crippen LogP contribution in [0, 0.1) is 17.3 Å². The summed E-state index contributed by atoms with van der Waals surface area (Å²) in [6.07, 6.45) is 2.34. The highest BCUT2D eigenvalue weighted by Gasteiger charge is 2.34. The molecule has 1 amide bonds. The van der Waals surface area contributed by atoms with Gasteiger partial charge in [-0.25, -0.2) is 5.84 Å². The van der Waals surface area contributed by atoms with Crippen molar-refractivity contribution in [3.8, 4) is 0 Å². The van der Waals surface area contributed by atoms with Gasteiger partial charge in [-0.2, -0.15) is 0 Å². The summed E-state index contributed by atoms with van der Waals surface area (Å²) in [6, 6.07) is -0.0871. The van der Waals surface area contributed by atoms with Gasteiger partial charge in [-0.05, 0) is 43.2 Å². The van der Waals surface area contributed by atoms with Crippen LogP contribution in [-0.4, -0.2) is 29.9 Å². The molecule has 1 unspecified atom stereocenters. The van der Waals surface area contributed by atoms with Crippen LogP contribution in [0.25, 0.3) is 0 Å². The molecular formula is C14H29N3O. The number of rotatable bonds is 3. The van der Waals surface area contributed by atoms with Gasteiger partial charge < -0.3 is 0 Å². The SMILES string of the molecule is CC(C)C(C(=O)NN)N1CCC(C(C)(C)C)CC1. The number of carbonyl (C=O) groups is 1. The zero-order valence-corrected chi connectivity index (χ0v) is 12.5. The molecule has 1 aliphatic rings. The number of nitrogens with two attached hydrogens (primary N) is 1. The van der Waals surface area contributed by atoms with Crippen molar-refractivity contribution in [3.05, 3.63) is 0 Å². The Kier molecular flexibility index (Phi) is 5.17. The number of carbonyl (C=O) groups excluding carboxylic acids is 1. The minimum Gasteiger partial charge on any atom is -0.293 e. The van der Waals surface area contributed by atoms with E-state index in [0.717, 1.165) is 19.0 Å². The van der Waals surface area contributed by atoms with Gasteiger partial charge in [0, 0.05) is 0 Å². The average molecular weight is 255 g/mol. The third kappa shape index (κ3) is 3.69. The summed E-state index contributed by atoms with van der Waals surface area (Å²) < 4.78 is 0. The second kappa shape index (κ2) is 6.02. The quantitative estimate of drug-likeness (QED) is 0.459. The van der Waals surface area contributed by atoms with E-state index in [1.807, 2.05) is 0 Å². The third-order valence-corrected chi connectivity index (χ3v) is 4.19. The van der Waals surface area contributed by atoms with Crippen LogP contribution in [0.5, 0.6) is 0 Å². The molecule has 1 fully saturated rings. The minimum atomic E-state index is -0.0871. The van der Waals surface area contributed by atoms with Crippen molar-refractivity contribution < 1.29 is 4.79 Å². The summed E-state index contributed by atoms with van der Waals surface area (Å²) in [5, 5.41) is 0. The Balaban J connectivity index is 2.62. The first-order valence-corrected chi connectivity index (χ1v) is 7.02. The molecule has 18 heavy (non-hydrogen) atoms. The molecule has 1 rings (SSSR count). The van der Waals surface area contributed by atoms with Crippen molar-refractivity contribution in [2.45, 2.75) is 53.5 Å². The van der Waals surface area contributed by atoms with Crippen molar-refractivity contribution in [2.75, 3.05) is 13.1 Å². The lowest BCUT2D eigenvalue weighted by molar-refractivity contribution is -0.129. The average Bonchev–Trinajstić information content (AvgIpc) is 2.28. The minimum absolute atomic E-state index is 0.0563. The predicted octanol–water partition coefficient (Wildman–Crippen LogP) is 1.76. The van der Waals surface area contributed by atoms with Crippen LogP contribution in [0.1, 0.15) is 47.5 Å². The number of piperidine rings is 1. The Morgan fingerprint density at radius 2 is 1.78 bits per heavy atom. The monoisotopic (exact) mass is 255 g/mol. The number of nitrogens with zero attached hydrogens (tertiary/aromatic N) is 1. The molecule has 1 aliphatic heterocycles. The Bertz CT molecular complexity index is 275. The molecule has 0 aromatic carbocycles. The van der Waals surface area contributed by atoms with Crippen molar-refractivity contribution in [3.63, 3.8) is 0 Å². The second-order valence-corrected chi connectivity index (χ2v) is 6.87. The van der Waals surface area contributed by atoms with E-state index in [9.17, 15) is 4.79 Å². The van der Waals surface area contributed by atoms with E-state index in [-0.39, 0.29) is 11.9 Å². The molecule has 0 aromatic heterocycles. The number of nitrogens with one attached hydrogen (secondary N) is 1. The van der Waals surface area contributed by atoms with E-state index in [1.165, 1.54) is 12.8 Å². The van der Waals surface area contributed by atoms with Crippen molar-refractivity contribution in [1.82, 2.24) is 10.3 Å². The highest BCUT2D eigenvalue weighted by molar-refractivity contribution is 5.81. The van der Waals surface area contributed by atoms with Crippen LogP contribution < -0.4 is 11.3 Å². The van der Waals surface area contributed by atoms with Crippen LogP contribution in [0.15, 0.2) is 0 Å². The van der Waals surface area contributed by atoms with Gasteiger partial charge in [0.25, 0.3) is 5.91 Å². The molecular weight excluding hydrogens is 226 g/mol. The Morgan fingerprint density at radius 1 is 1.28 bits per heavy atom. The van der Waals surface area contributed by atoms with Gasteiger partial charge in [-0.3, -0.25) is 15.1 Å². The lowest BCUT2D eigenvalue weighted by atomic mass is 9.75. The molecule has 4 heteroatoms. The molecule has 0 radical (unpaired) electrons. The molecule has 1 atom stereocenters.